The molecule has 2 aromatic rings. The summed E-state index contributed by atoms with van der Waals surface area (Å²) in [7, 11) is 0. The van der Waals surface area contributed by atoms with Crippen molar-refractivity contribution in [3.63, 3.8) is 0 Å². The number of nitrogens with zero attached hydrogens (tertiary/aromatic N) is 3. The van der Waals surface area contributed by atoms with Crippen molar-refractivity contribution >= 4 is 29.0 Å². The number of aromatic carboxylic acids is 1. The van der Waals surface area contributed by atoms with E-state index >= 15 is 0 Å². The zero-order chi connectivity index (χ0) is 19.0. The second kappa shape index (κ2) is 6.96. The second-order valence-electron chi connectivity index (χ2n) is 7.53. The minimum Gasteiger partial charge on any atom is -0.477 e. The Morgan fingerprint density at radius 3 is 2.74 bits per heavy atom. The SMILES string of the molecule is CC(=O)N(Cc1ccsc1)C1CC12CCN(c1cccc(C(=O)O)n1)CC2. The van der Waals surface area contributed by atoms with Crippen molar-refractivity contribution in [1.29, 1.82) is 0 Å². The van der Waals surface area contributed by atoms with Crippen LogP contribution in [-0.4, -0.2) is 46.0 Å². The summed E-state index contributed by atoms with van der Waals surface area (Å²) in [6.45, 7) is 4.04. The minimum absolute atomic E-state index is 0.0793. The van der Waals surface area contributed by atoms with E-state index in [-0.39, 0.29) is 17.0 Å². The molecule has 7 heteroatoms. The first kappa shape index (κ1) is 18.0. The van der Waals surface area contributed by atoms with Gasteiger partial charge in [-0.3, -0.25) is 4.79 Å². The number of piperidine rings is 1. The molecule has 2 aromatic heterocycles. The molecule has 1 atom stereocenters. The first-order valence-electron chi connectivity index (χ1n) is 9.22. The zero-order valence-corrected chi connectivity index (χ0v) is 16.1. The van der Waals surface area contributed by atoms with E-state index in [2.05, 4.69) is 21.3 Å². The van der Waals surface area contributed by atoms with Crippen molar-refractivity contribution < 1.29 is 14.7 Å². The average Bonchev–Trinajstić information content (AvgIpc) is 3.09. The Morgan fingerprint density at radius 2 is 2.11 bits per heavy atom. The van der Waals surface area contributed by atoms with E-state index < -0.39 is 5.97 Å². The molecule has 27 heavy (non-hydrogen) atoms. The molecule has 0 aromatic carbocycles. The van der Waals surface area contributed by atoms with Crippen LogP contribution in [0.2, 0.25) is 0 Å². The van der Waals surface area contributed by atoms with Gasteiger partial charge in [0, 0.05) is 32.6 Å². The van der Waals surface area contributed by atoms with Gasteiger partial charge in [-0.1, -0.05) is 6.07 Å². The molecule has 1 saturated carbocycles. The molecule has 1 aliphatic carbocycles. The summed E-state index contributed by atoms with van der Waals surface area (Å²) < 4.78 is 0. The van der Waals surface area contributed by atoms with Gasteiger partial charge in [0.2, 0.25) is 5.91 Å². The summed E-state index contributed by atoms with van der Waals surface area (Å²) in [6, 6.07) is 7.53. The quantitative estimate of drug-likeness (QED) is 0.855. The smallest absolute Gasteiger partial charge is 0.354 e. The highest BCUT2D eigenvalue weighted by Gasteiger charge is 2.58. The van der Waals surface area contributed by atoms with E-state index in [9.17, 15) is 9.59 Å². The maximum Gasteiger partial charge on any atom is 0.354 e. The molecule has 4 rings (SSSR count). The Bertz CT molecular complexity index is 844. The lowest BCUT2D eigenvalue weighted by molar-refractivity contribution is -0.130. The molecule has 1 saturated heterocycles. The number of carboxylic acids is 1. The number of carboxylic acid groups (broad SMARTS) is 1. The maximum atomic E-state index is 12.2. The van der Waals surface area contributed by atoms with Crippen LogP contribution in [0.3, 0.4) is 0 Å². The largest absolute Gasteiger partial charge is 0.477 e. The van der Waals surface area contributed by atoms with Crippen LogP contribution in [0.25, 0.3) is 0 Å². The Labute approximate surface area is 162 Å². The highest BCUT2D eigenvalue weighted by molar-refractivity contribution is 7.07. The molecule has 6 nitrogen and oxygen atoms in total. The van der Waals surface area contributed by atoms with Gasteiger partial charge in [0.25, 0.3) is 0 Å². The molecule has 1 amide bonds. The van der Waals surface area contributed by atoms with Gasteiger partial charge < -0.3 is 14.9 Å². The summed E-state index contributed by atoms with van der Waals surface area (Å²) in [6.07, 6.45) is 3.07. The fraction of sp³-hybridized carbons (Fsp3) is 0.450. The van der Waals surface area contributed by atoms with Gasteiger partial charge in [0.15, 0.2) is 5.69 Å². The van der Waals surface area contributed by atoms with Gasteiger partial charge in [-0.2, -0.15) is 11.3 Å². The van der Waals surface area contributed by atoms with E-state index in [1.54, 1.807) is 24.3 Å². The minimum atomic E-state index is -1.00. The van der Waals surface area contributed by atoms with Gasteiger partial charge in [-0.15, -0.1) is 0 Å². The van der Waals surface area contributed by atoms with Crippen molar-refractivity contribution in [1.82, 2.24) is 9.88 Å². The molecule has 142 valence electrons. The van der Waals surface area contributed by atoms with Crippen molar-refractivity contribution in [2.24, 2.45) is 5.41 Å². The molecule has 1 spiro atoms. The van der Waals surface area contributed by atoms with Crippen molar-refractivity contribution in [2.45, 2.75) is 38.8 Å². The third kappa shape index (κ3) is 3.56. The van der Waals surface area contributed by atoms with E-state index in [4.69, 9.17) is 5.11 Å². The number of amides is 1. The van der Waals surface area contributed by atoms with Crippen LogP contribution in [0.4, 0.5) is 5.82 Å². The topological polar surface area (TPSA) is 73.7 Å². The molecule has 0 bridgehead atoms. The van der Waals surface area contributed by atoms with Crippen LogP contribution >= 0.6 is 11.3 Å². The number of hydrogen-bond acceptors (Lipinski definition) is 5. The van der Waals surface area contributed by atoms with Crippen LogP contribution in [0.1, 0.15) is 42.2 Å². The van der Waals surface area contributed by atoms with Crippen LogP contribution in [0.5, 0.6) is 0 Å². The fourth-order valence-electron chi connectivity index (χ4n) is 4.22. The lowest BCUT2D eigenvalue weighted by atomic mass is 9.92. The normalized spacial score (nSPS) is 20.5. The highest BCUT2D eigenvalue weighted by atomic mass is 32.1. The Kier molecular flexibility index (Phi) is 4.63. The van der Waals surface area contributed by atoms with Gasteiger partial charge in [0.1, 0.15) is 5.82 Å². The van der Waals surface area contributed by atoms with Crippen molar-refractivity contribution in [3.8, 4) is 0 Å². The van der Waals surface area contributed by atoms with E-state index in [0.717, 1.165) is 38.2 Å². The van der Waals surface area contributed by atoms with Gasteiger partial charge in [-0.05, 0) is 59.2 Å². The first-order valence-corrected chi connectivity index (χ1v) is 10.2. The summed E-state index contributed by atoms with van der Waals surface area (Å²) in [4.78, 5) is 31.8. The lowest BCUT2D eigenvalue weighted by Gasteiger charge is -2.35. The number of thiophene rings is 1. The molecular weight excluding hydrogens is 362 g/mol. The Balaban J connectivity index is 1.41. The van der Waals surface area contributed by atoms with Crippen molar-refractivity contribution in [3.05, 3.63) is 46.3 Å². The Morgan fingerprint density at radius 1 is 1.33 bits per heavy atom. The molecule has 1 aliphatic heterocycles. The molecule has 1 N–H and O–H groups in total. The zero-order valence-electron chi connectivity index (χ0n) is 15.3. The number of carbonyl (C=O) groups excluding carboxylic acids is 1. The summed E-state index contributed by atoms with van der Waals surface area (Å²) in [5.41, 5.74) is 1.49. The van der Waals surface area contributed by atoms with Crippen LogP contribution in [-0.2, 0) is 11.3 Å². The van der Waals surface area contributed by atoms with E-state index in [1.807, 2.05) is 16.3 Å². The number of aromatic nitrogens is 1. The highest BCUT2D eigenvalue weighted by Crippen LogP contribution is 2.57. The van der Waals surface area contributed by atoms with Gasteiger partial charge in [0.05, 0.1) is 0 Å². The monoisotopic (exact) mass is 385 g/mol. The lowest BCUT2D eigenvalue weighted by Crippen LogP contribution is -2.40. The fourth-order valence-corrected chi connectivity index (χ4v) is 4.88. The third-order valence-electron chi connectivity index (χ3n) is 5.90. The number of hydrogen-bond donors (Lipinski definition) is 1. The maximum absolute atomic E-state index is 12.2. The van der Waals surface area contributed by atoms with Crippen LogP contribution < -0.4 is 4.90 Å². The van der Waals surface area contributed by atoms with Crippen molar-refractivity contribution in [2.75, 3.05) is 18.0 Å². The van der Waals surface area contributed by atoms with E-state index in [1.165, 1.54) is 11.6 Å². The number of rotatable bonds is 5. The second-order valence-corrected chi connectivity index (χ2v) is 8.31. The summed E-state index contributed by atoms with van der Waals surface area (Å²) >= 11 is 1.66. The van der Waals surface area contributed by atoms with E-state index in [0.29, 0.717) is 12.6 Å². The molecule has 0 radical (unpaired) electrons. The molecule has 3 heterocycles. The van der Waals surface area contributed by atoms with Crippen LogP contribution in [0, 0.1) is 5.41 Å². The average molecular weight is 385 g/mol. The summed E-state index contributed by atoms with van der Waals surface area (Å²) in [5.74, 6) is -0.136. The predicted octanol–water partition coefficient (Wildman–Crippen LogP) is 3.25. The molecule has 2 fully saturated rings. The van der Waals surface area contributed by atoms with Crippen LogP contribution in [0.15, 0.2) is 35.0 Å². The Hall–Kier alpha value is -2.41. The summed E-state index contributed by atoms with van der Waals surface area (Å²) in [5, 5.41) is 13.3. The molecular formula is C20H23N3O3S. The number of anilines is 1. The molecule has 2 aliphatic rings. The van der Waals surface area contributed by atoms with Gasteiger partial charge >= 0.3 is 5.97 Å². The number of pyridine rings is 1. The molecule has 1 unspecified atom stereocenters. The third-order valence-corrected chi connectivity index (χ3v) is 6.63. The predicted molar refractivity (Wildman–Crippen MR) is 104 cm³/mol. The number of carbonyl (C=O) groups is 2. The standard InChI is InChI=1S/C20H23N3O3S/c1-14(24)23(12-15-5-10-27-13-15)17-11-20(17)6-8-22(9-7-20)18-4-2-3-16(21-18)19(25)26/h2-5,10,13,17H,6-9,11-12H2,1H3,(H,25,26). The van der Waals surface area contributed by atoms with Gasteiger partial charge in [-0.25, -0.2) is 9.78 Å². The first-order chi connectivity index (χ1) is 13.0.